The number of nitrogens with one attached hydrogen (secondary N) is 3. The van der Waals surface area contributed by atoms with Crippen LogP contribution in [-0.2, 0) is 9.53 Å². The molecule has 3 N–H and O–H groups in total. The van der Waals surface area contributed by atoms with Crippen LogP contribution in [0.1, 0.15) is 0 Å². The van der Waals surface area contributed by atoms with Crippen molar-refractivity contribution >= 4 is 11.9 Å². The molecule has 0 saturated carbocycles. The van der Waals surface area contributed by atoms with Gasteiger partial charge in [0.1, 0.15) is 12.4 Å². The highest BCUT2D eigenvalue weighted by Gasteiger charge is 2.02. The van der Waals surface area contributed by atoms with Gasteiger partial charge < -0.3 is 25.4 Å². The van der Waals surface area contributed by atoms with E-state index in [0.717, 1.165) is 5.75 Å². The molecule has 0 aliphatic rings. The lowest BCUT2D eigenvalue weighted by atomic mass is 10.3. The van der Waals surface area contributed by atoms with Gasteiger partial charge in [-0.15, -0.1) is 0 Å². The van der Waals surface area contributed by atoms with Crippen LogP contribution in [0.4, 0.5) is 0 Å². The molecule has 22 heavy (non-hydrogen) atoms. The van der Waals surface area contributed by atoms with E-state index in [-0.39, 0.29) is 12.5 Å². The number of para-hydroxylation sites is 1. The summed E-state index contributed by atoms with van der Waals surface area (Å²) in [5, 5.41) is 8.71. The standard InChI is InChI=1S/C15H24N4O3/c1-16-15(19-12-14(20)17-8-10-21-2)18-9-11-22-13-6-4-3-5-7-13/h3-7H,8-12H2,1-2H3,(H,17,20)(H2,16,18,19). The summed E-state index contributed by atoms with van der Waals surface area (Å²) in [4.78, 5) is 15.6. The van der Waals surface area contributed by atoms with Crippen LogP contribution >= 0.6 is 0 Å². The van der Waals surface area contributed by atoms with Gasteiger partial charge in [-0.1, -0.05) is 18.2 Å². The molecule has 0 unspecified atom stereocenters. The molecule has 0 aliphatic carbocycles. The average molecular weight is 308 g/mol. The molecule has 0 fully saturated rings. The van der Waals surface area contributed by atoms with Crippen molar-refractivity contribution in [3.05, 3.63) is 30.3 Å². The summed E-state index contributed by atoms with van der Waals surface area (Å²) in [6, 6.07) is 9.58. The third kappa shape index (κ3) is 8.11. The number of aliphatic imine (C=N–C) groups is 1. The van der Waals surface area contributed by atoms with Crippen molar-refractivity contribution in [2.45, 2.75) is 0 Å². The Bertz CT molecular complexity index is 451. The van der Waals surface area contributed by atoms with Crippen molar-refractivity contribution < 1.29 is 14.3 Å². The second-order valence-corrected chi connectivity index (χ2v) is 4.36. The summed E-state index contributed by atoms with van der Waals surface area (Å²) in [5.74, 6) is 1.27. The Balaban J connectivity index is 2.13. The monoisotopic (exact) mass is 308 g/mol. The summed E-state index contributed by atoms with van der Waals surface area (Å²) in [5.41, 5.74) is 0. The normalized spacial score (nSPS) is 10.9. The molecule has 0 atom stereocenters. The van der Waals surface area contributed by atoms with E-state index in [1.807, 2.05) is 30.3 Å². The zero-order chi connectivity index (χ0) is 16.0. The van der Waals surface area contributed by atoms with Crippen LogP contribution in [0.25, 0.3) is 0 Å². The molecule has 0 aliphatic heterocycles. The number of nitrogens with zero attached hydrogens (tertiary/aromatic N) is 1. The van der Waals surface area contributed by atoms with E-state index < -0.39 is 0 Å². The Labute approximate surface area is 131 Å². The molecule has 0 aromatic heterocycles. The first-order chi connectivity index (χ1) is 10.8. The van der Waals surface area contributed by atoms with Crippen LogP contribution in [0.3, 0.4) is 0 Å². The number of ether oxygens (including phenoxy) is 2. The number of benzene rings is 1. The Morgan fingerprint density at radius 1 is 1.09 bits per heavy atom. The second kappa shape index (κ2) is 11.4. The van der Waals surface area contributed by atoms with E-state index in [2.05, 4.69) is 20.9 Å². The largest absolute Gasteiger partial charge is 0.492 e. The van der Waals surface area contributed by atoms with E-state index in [9.17, 15) is 4.79 Å². The van der Waals surface area contributed by atoms with Crippen molar-refractivity contribution in [2.24, 2.45) is 4.99 Å². The zero-order valence-corrected chi connectivity index (χ0v) is 13.1. The topological polar surface area (TPSA) is 84.0 Å². The Morgan fingerprint density at radius 3 is 2.50 bits per heavy atom. The van der Waals surface area contributed by atoms with E-state index in [1.54, 1.807) is 14.2 Å². The molecule has 0 spiro atoms. The van der Waals surface area contributed by atoms with Gasteiger partial charge in [0, 0.05) is 20.7 Å². The predicted molar refractivity (Wildman–Crippen MR) is 86.2 cm³/mol. The maximum absolute atomic E-state index is 11.5. The molecule has 0 saturated heterocycles. The lowest BCUT2D eigenvalue weighted by molar-refractivity contribution is -0.120. The van der Waals surface area contributed by atoms with Gasteiger partial charge in [-0.25, -0.2) is 0 Å². The van der Waals surface area contributed by atoms with Gasteiger partial charge in [-0.3, -0.25) is 9.79 Å². The molecule has 1 aromatic carbocycles. The zero-order valence-electron chi connectivity index (χ0n) is 13.1. The highest BCUT2D eigenvalue weighted by molar-refractivity contribution is 5.86. The minimum absolute atomic E-state index is 0.111. The molecule has 7 heteroatoms. The molecule has 0 radical (unpaired) electrons. The third-order valence-electron chi connectivity index (χ3n) is 2.67. The summed E-state index contributed by atoms with van der Waals surface area (Å²) >= 11 is 0. The number of hydrogen-bond acceptors (Lipinski definition) is 4. The quantitative estimate of drug-likeness (QED) is 0.340. The van der Waals surface area contributed by atoms with E-state index in [0.29, 0.717) is 32.3 Å². The van der Waals surface area contributed by atoms with Crippen LogP contribution in [0.2, 0.25) is 0 Å². The van der Waals surface area contributed by atoms with Crippen molar-refractivity contribution in [3.63, 3.8) is 0 Å². The van der Waals surface area contributed by atoms with Crippen molar-refractivity contribution in [2.75, 3.05) is 47.0 Å². The lowest BCUT2D eigenvalue weighted by Crippen LogP contribution is -2.44. The smallest absolute Gasteiger partial charge is 0.239 e. The maximum Gasteiger partial charge on any atom is 0.239 e. The average Bonchev–Trinajstić information content (AvgIpc) is 2.55. The highest BCUT2D eigenvalue weighted by Crippen LogP contribution is 2.07. The van der Waals surface area contributed by atoms with Crippen LogP contribution in [0, 0.1) is 0 Å². The van der Waals surface area contributed by atoms with Crippen molar-refractivity contribution in [1.29, 1.82) is 0 Å². The number of rotatable bonds is 9. The number of hydrogen-bond donors (Lipinski definition) is 3. The first-order valence-corrected chi connectivity index (χ1v) is 7.14. The summed E-state index contributed by atoms with van der Waals surface area (Å²) in [6.07, 6.45) is 0. The maximum atomic E-state index is 11.5. The molecule has 1 rings (SSSR count). The van der Waals surface area contributed by atoms with Crippen molar-refractivity contribution in [1.82, 2.24) is 16.0 Å². The van der Waals surface area contributed by atoms with Gasteiger partial charge >= 0.3 is 0 Å². The minimum Gasteiger partial charge on any atom is -0.492 e. The Morgan fingerprint density at radius 2 is 1.82 bits per heavy atom. The van der Waals surface area contributed by atoms with Gasteiger partial charge in [-0.2, -0.15) is 0 Å². The minimum atomic E-state index is -0.111. The first kappa shape index (κ1) is 17.8. The van der Waals surface area contributed by atoms with Crippen LogP contribution in [0.5, 0.6) is 5.75 Å². The second-order valence-electron chi connectivity index (χ2n) is 4.36. The van der Waals surface area contributed by atoms with Gasteiger partial charge in [0.25, 0.3) is 0 Å². The summed E-state index contributed by atoms with van der Waals surface area (Å²) in [6.45, 7) is 2.23. The SMILES string of the molecule is CN=C(NCCOc1ccccc1)NCC(=O)NCCOC. The van der Waals surface area contributed by atoms with Gasteiger partial charge in [0.2, 0.25) is 5.91 Å². The van der Waals surface area contributed by atoms with Crippen molar-refractivity contribution in [3.8, 4) is 5.75 Å². The molecular formula is C15H24N4O3. The van der Waals surface area contributed by atoms with Gasteiger partial charge in [-0.05, 0) is 12.1 Å². The number of methoxy groups -OCH3 is 1. The van der Waals surface area contributed by atoms with Crippen LogP contribution < -0.4 is 20.7 Å². The number of carbonyl (C=O) groups is 1. The highest BCUT2D eigenvalue weighted by atomic mass is 16.5. The van der Waals surface area contributed by atoms with Gasteiger partial charge in [0.05, 0.1) is 19.7 Å². The molecule has 1 amide bonds. The summed E-state index contributed by atoms with van der Waals surface area (Å²) < 4.78 is 10.4. The molecule has 1 aromatic rings. The fraction of sp³-hybridized carbons (Fsp3) is 0.467. The first-order valence-electron chi connectivity index (χ1n) is 7.14. The molecular weight excluding hydrogens is 284 g/mol. The number of amides is 1. The third-order valence-corrected chi connectivity index (χ3v) is 2.67. The Hall–Kier alpha value is -2.28. The van der Waals surface area contributed by atoms with Gasteiger partial charge in [0.15, 0.2) is 5.96 Å². The molecule has 122 valence electrons. The fourth-order valence-electron chi connectivity index (χ4n) is 1.59. The van der Waals surface area contributed by atoms with Crippen LogP contribution in [-0.4, -0.2) is 58.9 Å². The molecule has 0 heterocycles. The fourth-order valence-corrected chi connectivity index (χ4v) is 1.59. The van der Waals surface area contributed by atoms with E-state index in [1.165, 1.54) is 0 Å². The molecule has 7 nitrogen and oxygen atoms in total. The molecule has 0 bridgehead atoms. The lowest BCUT2D eigenvalue weighted by Gasteiger charge is -2.12. The van der Waals surface area contributed by atoms with Crippen LogP contribution in [0.15, 0.2) is 35.3 Å². The van der Waals surface area contributed by atoms with E-state index in [4.69, 9.17) is 9.47 Å². The number of guanidine groups is 1. The predicted octanol–water partition coefficient (Wildman–Crippen LogP) is -0.00700. The number of carbonyl (C=O) groups excluding carboxylic acids is 1. The Kier molecular flexibility index (Phi) is 9.20. The summed E-state index contributed by atoms with van der Waals surface area (Å²) in [7, 11) is 3.24. The van der Waals surface area contributed by atoms with E-state index >= 15 is 0 Å².